The molecule has 1 aromatic heterocycles. The number of benzene rings is 1. The highest BCUT2D eigenvalue weighted by Gasteiger charge is 2.55. The van der Waals surface area contributed by atoms with E-state index in [9.17, 15) is 9.59 Å². The zero-order valence-electron chi connectivity index (χ0n) is 17.4. The minimum absolute atomic E-state index is 0.0638. The van der Waals surface area contributed by atoms with E-state index >= 15 is 0 Å². The number of amides is 2. The van der Waals surface area contributed by atoms with Gasteiger partial charge in [-0.2, -0.15) is 0 Å². The van der Waals surface area contributed by atoms with Gasteiger partial charge in [-0.05, 0) is 49.4 Å². The predicted molar refractivity (Wildman–Crippen MR) is 114 cm³/mol. The standard InChI is InChI=1S/C24H29N3O2/c1-16(2)15-27-23(29)19-11-5-4-10-18(19)21(24(27)13-6-7-14-24)22(28)26-20-12-8-9-17(3)25-20/h4-5,8-12,16,21H,6-7,13-15H2,1-3H3,(H,25,26,28). The first-order chi connectivity index (χ1) is 13.9. The summed E-state index contributed by atoms with van der Waals surface area (Å²) in [6.07, 6.45) is 3.80. The second-order valence-corrected chi connectivity index (χ2v) is 8.79. The van der Waals surface area contributed by atoms with Crippen LogP contribution in [-0.2, 0) is 4.79 Å². The molecule has 0 radical (unpaired) electrons. The summed E-state index contributed by atoms with van der Waals surface area (Å²) < 4.78 is 0. The minimum Gasteiger partial charge on any atom is -0.332 e. The molecule has 2 aromatic rings. The lowest BCUT2D eigenvalue weighted by Gasteiger charge is -2.50. The zero-order valence-corrected chi connectivity index (χ0v) is 17.4. The molecule has 1 aliphatic carbocycles. The molecular formula is C24H29N3O2. The van der Waals surface area contributed by atoms with Crippen LogP contribution >= 0.6 is 0 Å². The summed E-state index contributed by atoms with van der Waals surface area (Å²) in [6.45, 7) is 6.83. The van der Waals surface area contributed by atoms with Gasteiger partial charge in [0.15, 0.2) is 0 Å². The van der Waals surface area contributed by atoms with Gasteiger partial charge in [0.2, 0.25) is 5.91 Å². The lowest BCUT2D eigenvalue weighted by atomic mass is 9.70. The lowest BCUT2D eigenvalue weighted by molar-refractivity contribution is -0.121. The molecule has 29 heavy (non-hydrogen) atoms. The van der Waals surface area contributed by atoms with Crippen LogP contribution in [0.4, 0.5) is 5.82 Å². The first-order valence-electron chi connectivity index (χ1n) is 10.6. The van der Waals surface area contributed by atoms with E-state index in [-0.39, 0.29) is 17.7 Å². The van der Waals surface area contributed by atoms with E-state index in [2.05, 4.69) is 24.1 Å². The van der Waals surface area contributed by atoms with Crippen molar-refractivity contribution in [1.29, 1.82) is 0 Å². The average Bonchev–Trinajstić information content (AvgIpc) is 3.15. The molecule has 152 valence electrons. The Labute approximate surface area is 172 Å². The number of rotatable bonds is 4. The molecule has 5 nitrogen and oxygen atoms in total. The Balaban J connectivity index is 1.81. The zero-order chi connectivity index (χ0) is 20.6. The van der Waals surface area contributed by atoms with Gasteiger partial charge in [0.25, 0.3) is 5.91 Å². The Morgan fingerprint density at radius 1 is 1.17 bits per heavy atom. The quantitative estimate of drug-likeness (QED) is 0.832. The van der Waals surface area contributed by atoms with Crippen molar-refractivity contribution < 1.29 is 9.59 Å². The van der Waals surface area contributed by atoms with Gasteiger partial charge in [-0.1, -0.05) is 51.0 Å². The molecule has 2 amide bonds. The average molecular weight is 392 g/mol. The van der Waals surface area contributed by atoms with Crippen molar-refractivity contribution in [3.63, 3.8) is 0 Å². The summed E-state index contributed by atoms with van der Waals surface area (Å²) in [5.41, 5.74) is 1.91. The maximum Gasteiger partial charge on any atom is 0.254 e. The van der Waals surface area contributed by atoms with Crippen molar-refractivity contribution in [2.75, 3.05) is 11.9 Å². The van der Waals surface area contributed by atoms with Gasteiger partial charge in [0, 0.05) is 17.8 Å². The number of carbonyl (C=O) groups excluding carboxylic acids is 2. The van der Waals surface area contributed by atoms with Gasteiger partial charge >= 0.3 is 0 Å². The van der Waals surface area contributed by atoms with E-state index in [0.29, 0.717) is 23.8 Å². The Bertz CT molecular complexity index is 931. The predicted octanol–water partition coefficient (Wildman–Crippen LogP) is 4.54. The SMILES string of the molecule is Cc1cccc(NC(=O)C2c3ccccc3C(=O)N(CC(C)C)C23CCCC3)n1. The Hall–Kier alpha value is -2.69. The lowest BCUT2D eigenvalue weighted by Crippen LogP contribution is -2.60. The van der Waals surface area contributed by atoms with Crippen molar-refractivity contribution in [2.24, 2.45) is 5.92 Å². The summed E-state index contributed by atoms with van der Waals surface area (Å²) in [5.74, 6) is 0.504. The molecule has 2 heterocycles. The molecule has 1 N–H and O–H groups in total. The maximum atomic E-state index is 13.7. The number of pyridine rings is 1. The van der Waals surface area contributed by atoms with Crippen LogP contribution in [0.5, 0.6) is 0 Å². The maximum absolute atomic E-state index is 13.7. The summed E-state index contributed by atoms with van der Waals surface area (Å²) >= 11 is 0. The molecule has 2 aliphatic rings. The van der Waals surface area contributed by atoms with Crippen molar-refractivity contribution in [2.45, 2.75) is 57.9 Å². The van der Waals surface area contributed by atoms with Crippen molar-refractivity contribution >= 4 is 17.6 Å². The number of aryl methyl sites for hydroxylation is 1. The van der Waals surface area contributed by atoms with E-state index in [1.807, 2.05) is 54.3 Å². The van der Waals surface area contributed by atoms with Crippen LogP contribution in [0.15, 0.2) is 42.5 Å². The molecule has 1 aliphatic heterocycles. The van der Waals surface area contributed by atoms with Crippen molar-refractivity contribution in [1.82, 2.24) is 9.88 Å². The fourth-order valence-corrected chi connectivity index (χ4v) is 5.11. The number of nitrogens with zero attached hydrogens (tertiary/aromatic N) is 2. The molecule has 4 rings (SSSR count). The summed E-state index contributed by atoms with van der Waals surface area (Å²) in [6, 6.07) is 13.2. The van der Waals surface area contributed by atoms with Crippen molar-refractivity contribution in [3.8, 4) is 0 Å². The number of carbonyl (C=O) groups is 2. The van der Waals surface area contributed by atoms with E-state index in [4.69, 9.17) is 0 Å². The molecular weight excluding hydrogens is 362 g/mol. The number of nitrogens with one attached hydrogen (secondary N) is 1. The number of anilines is 1. The van der Waals surface area contributed by atoms with Gasteiger partial charge in [-0.15, -0.1) is 0 Å². The van der Waals surface area contributed by atoms with Crippen LogP contribution < -0.4 is 5.32 Å². The first-order valence-corrected chi connectivity index (χ1v) is 10.6. The third-order valence-corrected chi connectivity index (χ3v) is 6.24. The fraction of sp³-hybridized carbons (Fsp3) is 0.458. The number of hydrogen-bond acceptors (Lipinski definition) is 3. The van der Waals surface area contributed by atoms with Crippen molar-refractivity contribution in [3.05, 3.63) is 59.3 Å². The normalized spacial score (nSPS) is 20.2. The van der Waals surface area contributed by atoms with Gasteiger partial charge in [-0.3, -0.25) is 9.59 Å². The fourth-order valence-electron chi connectivity index (χ4n) is 5.11. The van der Waals surface area contributed by atoms with Gasteiger partial charge in [0.05, 0.1) is 11.5 Å². The number of fused-ring (bicyclic) bond motifs is 1. The van der Waals surface area contributed by atoms with Crippen LogP contribution in [0, 0.1) is 12.8 Å². The molecule has 1 unspecified atom stereocenters. The van der Waals surface area contributed by atoms with Crippen LogP contribution in [0.1, 0.15) is 67.1 Å². The largest absolute Gasteiger partial charge is 0.332 e. The molecule has 1 aromatic carbocycles. The second kappa shape index (κ2) is 7.62. The monoisotopic (exact) mass is 391 g/mol. The van der Waals surface area contributed by atoms with Crippen LogP contribution in [0.25, 0.3) is 0 Å². The Morgan fingerprint density at radius 3 is 2.59 bits per heavy atom. The first kappa shape index (κ1) is 19.6. The van der Waals surface area contributed by atoms with Gasteiger partial charge in [-0.25, -0.2) is 4.98 Å². The van der Waals surface area contributed by atoms with Gasteiger partial charge in [0.1, 0.15) is 5.82 Å². The molecule has 1 saturated carbocycles. The number of hydrogen-bond donors (Lipinski definition) is 1. The highest BCUT2D eigenvalue weighted by atomic mass is 16.2. The molecule has 0 saturated heterocycles. The Kier molecular flexibility index (Phi) is 5.15. The minimum atomic E-state index is -0.455. The highest BCUT2D eigenvalue weighted by Crippen LogP contribution is 2.50. The topological polar surface area (TPSA) is 62.3 Å². The summed E-state index contributed by atoms with van der Waals surface area (Å²) in [4.78, 5) is 33.6. The summed E-state index contributed by atoms with van der Waals surface area (Å²) in [5, 5.41) is 3.05. The molecule has 1 fully saturated rings. The van der Waals surface area contributed by atoms with E-state index in [1.165, 1.54) is 0 Å². The molecule has 1 spiro atoms. The summed E-state index contributed by atoms with van der Waals surface area (Å²) in [7, 11) is 0. The van der Waals surface area contributed by atoms with E-state index in [1.54, 1.807) is 0 Å². The second-order valence-electron chi connectivity index (χ2n) is 8.79. The molecule has 1 atom stereocenters. The Morgan fingerprint density at radius 2 is 1.90 bits per heavy atom. The third-order valence-electron chi connectivity index (χ3n) is 6.24. The van der Waals surface area contributed by atoms with Crippen LogP contribution in [-0.4, -0.2) is 33.8 Å². The van der Waals surface area contributed by atoms with Crippen LogP contribution in [0.2, 0.25) is 0 Å². The number of aromatic nitrogens is 1. The smallest absolute Gasteiger partial charge is 0.254 e. The van der Waals surface area contributed by atoms with Crippen LogP contribution in [0.3, 0.4) is 0 Å². The van der Waals surface area contributed by atoms with E-state index < -0.39 is 5.54 Å². The molecule has 0 bridgehead atoms. The van der Waals surface area contributed by atoms with Gasteiger partial charge < -0.3 is 10.2 Å². The van der Waals surface area contributed by atoms with E-state index in [0.717, 1.165) is 36.9 Å². The third kappa shape index (κ3) is 3.43. The highest BCUT2D eigenvalue weighted by molar-refractivity contribution is 6.05. The molecule has 5 heteroatoms.